The van der Waals surface area contributed by atoms with Crippen molar-refractivity contribution >= 4 is 34.2 Å². The third-order valence-electron chi connectivity index (χ3n) is 4.46. The van der Waals surface area contributed by atoms with Gasteiger partial charge in [-0.15, -0.1) is 0 Å². The minimum Gasteiger partial charge on any atom is -0.485 e. The van der Waals surface area contributed by atoms with Crippen LogP contribution in [0.5, 0.6) is 11.5 Å². The van der Waals surface area contributed by atoms with Crippen LogP contribution in [-0.4, -0.2) is 21.6 Å². The molecule has 0 saturated heterocycles. The molecule has 1 aliphatic heterocycles. The second kappa shape index (κ2) is 6.44. The lowest BCUT2D eigenvalue weighted by Gasteiger charge is -2.25. The van der Waals surface area contributed by atoms with Gasteiger partial charge in [-0.25, -0.2) is 4.98 Å². The van der Waals surface area contributed by atoms with Gasteiger partial charge in [0.1, 0.15) is 6.61 Å². The Hall–Kier alpha value is -2.76. The Balaban J connectivity index is 1.48. The molecule has 2 aromatic carbocycles. The molecule has 0 spiro atoms. The molecule has 1 unspecified atom stereocenters. The first kappa shape index (κ1) is 16.4. The summed E-state index contributed by atoms with van der Waals surface area (Å²) in [5.74, 6) is 1.84. The van der Waals surface area contributed by atoms with Crippen LogP contribution in [-0.2, 0) is 0 Å². The smallest absolute Gasteiger partial charge is 0.190 e. The Bertz CT molecular complexity index is 1140. The van der Waals surface area contributed by atoms with Gasteiger partial charge in [0.05, 0.1) is 21.1 Å². The highest BCUT2D eigenvalue weighted by Gasteiger charge is 2.26. The molecule has 1 atom stereocenters. The van der Waals surface area contributed by atoms with Gasteiger partial charge in [-0.05, 0) is 35.4 Å². The molecule has 27 heavy (non-hydrogen) atoms. The van der Waals surface area contributed by atoms with E-state index in [4.69, 9.17) is 32.7 Å². The van der Waals surface area contributed by atoms with Crippen molar-refractivity contribution in [3.8, 4) is 22.6 Å². The van der Waals surface area contributed by atoms with Crippen LogP contribution in [0.2, 0.25) is 10.0 Å². The zero-order valence-corrected chi connectivity index (χ0v) is 15.5. The molecule has 3 heterocycles. The first-order valence-corrected chi connectivity index (χ1v) is 9.11. The van der Waals surface area contributed by atoms with Gasteiger partial charge in [0.15, 0.2) is 23.4 Å². The fourth-order valence-electron chi connectivity index (χ4n) is 3.11. The number of nitrogens with one attached hydrogen (secondary N) is 1. The number of H-pyrrole nitrogens is 1. The first-order chi connectivity index (χ1) is 13.2. The number of halogens is 2. The van der Waals surface area contributed by atoms with Crippen LogP contribution in [0.4, 0.5) is 0 Å². The summed E-state index contributed by atoms with van der Waals surface area (Å²) in [7, 11) is 0. The van der Waals surface area contributed by atoms with Crippen molar-refractivity contribution in [2.24, 2.45) is 0 Å². The van der Waals surface area contributed by atoms with E-state index < -0.39 is 0 Å². The number of fused-ring (bicyclic) bond motifs is 2. The summed E-state index contributed by atoms with van der Waals surface area (Å²) < 4.78 is 11.8. The van der Waals surface area contributed by atoms with Gasteiger partial charge in [0.2, 0.25) is 0 Å². The summed E-state index contributed by atoms with van der Waals surface area (Å²) in [5.41, 5.74) is 3.99. The minimum absolute atomic E-state index is 0.335. The summed E-state index contributed by atoms with van der Waals surface area (Å²) >= 11 is 12.1. The Morgan fingerprint density at radius 3 is 2.52 bits per heavy atom. The molecule has 134 valence electrons. The zero-order chi connectivity index (χ0) is 18.4. The van der Waals surface area contributed by atoms with Gasteiger partial charge in [-0.1, -0.05) is 29.3 Å². The number of ether oxygens (including phenoxy) is 2. The molecule has 4 aromatic rings. The van der Waals surface area contributed by atoms with Crippen LogP contribution in [0.1, 0.15) is 11.9 Å². The molecule has 5 rings (SSSR count). The number of imidazole rings is 1. The molecule has 5 nitrogen and oxygen atoms in total. The number of benzene rings is 2. The minimum atomic E-state index is -0.355. The lowest BCUT2D eigenvalue weighted by Crippen LogP contribution is -2.22. The van der Waals surface area contributed by atoms with E-state index in [1.165, 1.54) is 0 Å². The maximum absolute atomic E-state index is 6.08. The number of hydrogen-bond donors (Lipinski definition) is 1. The van der Waals surface area contributed by atoms with Crippen LogP contribution in [0.15, 0.2) is 54.9 Å². The standard InChI is InChI=1S/C20H13Cl2N3O2/c21-13-8-17-18(9-14(13)22)27-19(10-26-17)20-24-15-2-1-12(7-16(15)25-20)11-3-5-23-6-4-11/h1-9,19H,10H2,(H,24,25). The zero-order valence-electron chi connectivity index (χ0n) is 13.9. The van der Waals surface area contributed by atoms with Crippen LogP contribution < -0.4 is 9.47 Å². The third kappa shape index (κ3) is 2.99. The second-order valence-corrected chi connectivity index (χ2v) is 7.03. The summed E-state index contributed by atoms with van der Waals surface area (Å²) in [4.78, 5) is 12.1. The lowest BCUT2D eigenvalue weighted by molar-refractivity contribution is 0.0859. The molecular formula is C20H13Cl2N3O2. The number of aromatic nitrogens is 3. The fourth-order valence-corrected chi connectivity index (χ4v) is 3.42. The predicted molar refractivity (Wildman–Crippen MR) is 105 cm³/mol. The van der Waals surface area contributed by atoms with Gasteiger partial charge in [0, 0.05) is 24.5 Å². The quantitative estimate of drug-likeness (QED) is 0.488. The van der Waals surface area contributed by atoms with E-state index in [1.807, 2.05) is 24.3 Å². The molecule has 7 heteroatoms. The highest BCUT2D eigenvalue weighted by atomic mass is 35.5. The van der Waals surface area contributed by atoms with E-state index in [0.717, 1.165) is 22.2 Å². The predicted octanol–water partition coefficient (Wildman–Crippen LogP) is 5.44. The highest BCUT2D eigenvalue weighted by molar-refractivity contribution is 6.42. The van der Waals surface area contributed by atoms with Crippen molar-refractivity contribution < 1.29 is 9.47 Å². The molecule has 0 amide bonds. The summed E-state index contributed by atoms with van der Waals surface area (Å²) in [6.45, 7) is 0.335. The van der Waals surface area contributed by atoms with Crippen LogP contribution in [0, 0.1) is 0 Å². The van der Waals surface area contributed by atoms with Crippen molar-refractivity contribution in [1.29, 1.82) is 0 Å². The van der Waals surface area contributed by atoms with E-state index in [1.54, 1.807) is 24.5 Å². The average Bonchev–Trinajstić information content (AvgIpc) is 3.12. The van der Waals surface area contributed by atoms with Gasteiger partial charge in [-0.3, -0.25) is 4.98 Å². The van der Waals surface area contributed by atoms with Gasteiger partial charge in [-0.2, -0.15) is 0 Å². The molecule has 0 saturated carbocycles. The third-order valence-corrected chi connectivity index (χ3v) is 5.19. The molecule has 1 N–H and O–H groups in total. The van der Waals surface area contributed by atoms with E-state index in [2.05, 4.69) is 21.0 Å². The van der Waals surface area contributed by atoms with E-state index >= 15 is 0 Å². The number of rotatable bonds is 2. The SMILES string of the molecule is Clc1cc2c(cc1Cl)OC(c1nc3ccc(-c4ccncc4)cc3[nH]1)CO2. The summed E-state index contributed by atoms with van der Waals surface area (Å²) in [5, 5.41) is 0.858. The van der Waals surface area contributed by atoms with Crippen molar-refractivity contribution in [3.05, 3.63) is 70.7 Å². The molecule has 0 radical (unpaired) electrons. The molecule has 2 aromatic heterocycles. The van der Waals surface area contributed by atoms with Crippen molar-refractivity contribution in [1.82, 2.24) is 15.0 Å². The Morgan fingerprint density at radius 2 is 1.70 bits per heavy atom. The molecular weight excluding hydrogens is 385 g/mol. The maximum atomic E-state index is 6.08. The fraction of sp³-hybridized carbons (Fsp3) is 0.100. The highest BCUT2D eigenvalue weighted by Crippen LogP contribution is 2.41. The van der Waals surface area contributed by atoms with Crippen LogP contribution in [0.25, 0.3) is 22.2 Å². The lowest BCUT2D eigenvalue weighted by atomic mass is 10.1. The molecule has 0 aliphatic carbocycles. The van der Waals surface area contributed by atoms with E-state index in [-0.39, 0.29) is 6.10 Å². The largest absolute Gasteiger partial charge is 0.485 e. The van der Waals surface area contributed by atoms with Gasteiger partial charge >= 0.3 is 0 Å². The van der Waals surface area contributed by atoms with Gasteiger partial charge < -0.3 is 14.5 Å². The Labute approximate surface area is 164 Å². The monoisotopic (exact) mass is 397 g/mol. The van der Waals surface area contributed by atoms with Crippen molar-refractivity contribution in [2.75, 3.05) is 6.61 Å². The van der Waals surface area contributed by atoms with Crippen molar-refractivity contribution in [3.63, 3.8) is 0 Å². The molecule has 0 fully saturated rings. The molecule has 0 bridgehead atoms. The van der Waals surface area contributed by atoms with Crippen LogP contribution >= 0.6 is 23.2 Å². The second-order valence-electron chi connectivity index (χ2n) is 6.22. The maximum Gasteiger partial charge on any atom is 0.190 e. The van der Waals surface area contributed by atoms with Crippen molar-refractivity contribution in [2.45, 2.75) is 6.10 Å². The number of pyridine rings is 1. The average molecular weight is 398 g/mol. The number of hydrogen-bond acceptors (Lipinski definition) is 4. The summed E-state index contributed by atoms with van der Waals surface area (Å²) in [6.07, 6.45) is 3.20. The topological polar surface area (TPSA) is 60.0 Å². The number of aromatic amines is 1. The Kier molecular flexibility index (Phi) is 3.92. The number of nitrogens with zero attached hydrogens (tertiary/aromatic N) is 2. The first-order valence-electron chi connectivity index (χ1n) is 8.36. The summed E-state index contributed by atoms with van der Waals surface area (Å²) in [6, 6.07) is 13.4. The van der Waals surface area contributed by atoms with Gasteiger partial charge in [0.25, 0.3) is 0 Å². The normalized spacial score (nSPS) is 15.9. The van der Waals surface area contributed by atoms with E-state index in [9.17, 15) is 0 Å². The Morgan fingerprint density at radius 1 is 0.926 bits per heavy atom. The van der Waals surface area contributed by atoms with E-state index in [0.29, 0.717) is 34.0 Å². The van der Waals surface area contributed by atoms with Crippen LogP contribution in [0.3, 0.4) is 0 Å². The molecule has 1 aliphatic rings.